The van der Waals surface area contributed by atoms with Gasteiger partial charge in [-0.15, -0.1) is 0 Å². The second kappa shape index (κ2) is 7.03. The van der Waals surface area contributed by atoms with Gasteiger partial charge in [-0.2, -0.15) is 0 Å². The smallest absolute Gasteiger partial charge is 0.195 e. The van der Waals surface area contributed by atoms with Crippen LogP contribution in [0.4, 0.5) is 8.78 Å². The number of hydrogen-bond donors (Lipinski definition) is 0. The van der Waals surface area contributed by atoms with E-state index in [1.807, 2.05) is 6.92 Å². The van der Waals surface area contributed by atoms with Crippen molar-refractivity contribution in [3.63, 3.8) is 0 Å². The number of rotatable bonds is 6. The molecule has 0 aliphatic carbocycles. The van der Waals surface area contributed by atoms with Gasteiger partial charge in [-0.3, -0.25) is 4.79 Å². The predicted octanol–water partition coefficient (Wildman–Crippen LogP) is 4.64. The number of halogens is 2. The molecule has 0 atom stereocenters. The van der Waals surface area contributed by atoms with Crippen LogP contribution in [0.25, 0.3) is 10.9 Å². The molecule has 0 unspecified atom stereocenters. The molecule has 1 heterocycles. The van der Waals surface area contributed by atoms with Gasteiger partial charge in [-0.1, -0.05) is 32.6 Å². The zero-order valence-electron chi connectivity index (χ0n) is 13.5. The Morgan fingerprint density at radius 2 is 1.77 bits per heavy atom. The van der Waals surface area contributed by atoms with E-state index in [2.05, 4.69) is 6.92 Å². The summed E-state index contributed by atoms with van der Waals surface area (Å²) in [7, 11) is 1.75. The van der Waals surface area contributed by atoms with Crippen molar-refractivity contribution in [2.45, 2.75) is 52.4 Å². The SMILES string of the molecule is CCCCCCCc1c(C)n(C)c2cc(F)cc(F)c2c1=O. The normalized spacial score (nSPS) is 11.3. The number of hydrogen-bond acceptors (Lipinski definition) is 1. The van der Waals surface area contributed by atoms with Crippen molar-refractivity contribution < 1.29 is 8.78 Å². The Morgan fingerprint density at radius 3 is 2.45 bits per heavy atom. The molecule has 2 rings (SSSR count). The lowest BCUT2D eigenvalue weighted by Gasteiger charge is -2.15. The number of aryl methyl sites for hydroxylation is 1. The van der Waals surface area contributed by atoms with Crippen molar-refractivity contribution in [1.82, 2.24) is 4.57 Å². The lowest BCUT2D eigenvalue weighted by Crippen LogP contribution is -2.18. The van der Waals surface area contributed by atoms with Gasteiger partial charge in [0.25, 0.3) is 0 Å². The molecular formula is C18H23F2NO. The Morgan fingerprint density at radius 1 is 1.09 bits per heavy atom. The lowest BCUT2D eigenvalue weighted by molar-refractivity contribution is 0.589. The van der Waals surface area contributed by atoms with E-state index in [0.717, 1.165) is 31.0 Å². The van der Waals surface area contributed by atoms with Crippen LogP contribution in [0, 0.1) is 18.6 Å². The minimum atomic E-state index is -0.775. The highest BCUT2D eigenvalue weighted by Crippen LogP contribution is 2.20. The molecular weight excluding hydrogens is 284 g/mol. The third-order valence-corrected chi connectivity index (χ3v) is 4.37. The van der Waals surface area contributed by atoms with Crippen molar-refractivity contribution >= 4 is 10.9 Å². The molecule has 22 heavy (non-hydrogen) atoms. The monoisotopic (exact) mass is 307 g/mol. The van der Waals surface area contributed by atoms with Gasteiger partial charge >= 0.3 is 0 Å². The molecule has 4 heteroatoms. The molecule has 0 amide bonds. The van der Waals surface area contributed by atoms with Gasteiger partial charge in [0.05, 0.1) is 10.9 Å². The number of aromatic nitrogens is 1. The first-order valence-corrected chi connectivity index (χ1v) is 7.94. The third-order valence-electron chi connectivity index (χ3n) is 4.37. The highest BCUT2D eigenvalue weighted by Gasteiger charge is 2.16. The fraction of sp³-hybridized carbons (Fsp3) is 0.500. The standard InChI is InChI=1S/C18H23F2NO/c1-4-5-6-7-8-9-14-12(2)21(3)16-11-13(19)10-15(20)17(16)18(14)22/h10-11H,4-9H2,1-3H3. The van der Waals surface area contributed by atoms with Gasteiger partial charge in [-0.05, 0) is 25.8 Å². The van der Waals surface area contributed by atoms with Crippen LogP contribution >= 0.6 is 0 Å². The quantitative estimate of drug-likeness (QED) is 0.713. The van der Waals surface area contributed by atoms with E-state index >= 15 is 0 Å². The maximum Gasteiger partial charge on any atom is 0.195 e. The lowest BCUT2D eigenvalue weighted by atomic mass is 10.0. The summed E-state index contributed by atoms with van der Waals surface area (Å²) < 4.78 is 29.2. The summed E-state index contributed by atoms with van der Waals surface area (Å²) in [4.78, 5) is 12.6. The second-order valence-electron chi connectivity index (χ2n) is 5.90. The fourth-order valence-corrected chi connectivity index (χ4v) is 2.95. The van der Waals surface area contributed by atoms with E-state index in [0.29, 0.717) is 17.5 Å². The summed E-state index contributed by atoms with van der Waals surface area (Å²) in [5.41, 5.74) is 1.46. The molecule has 0 bridgehead atoms. The summed E-state index contributed by atoms with van der Waals surface area (Å²) in [6, 6.07) is 2.00. The molecule has 0 aliphatic rings. The van der Waals surface area contributed by atoms with Crippen LogP contribution in [0.1, 0.15) is 50.3 Å². The highest BCUT2D eigenvalue weighted by atomic mass is 19.1. The largest absolute Gasteiger partial charge is 0.347 e. The number of unbranched alkanes of at least 4 members (excludes halogenated alkanes) is 4. The van der Waals surface area contributed by atoms with Crippen LogP contribution in [0.2, 0.25) is 0 Å². The summed E-state index contributed by atoms with van der Waals surface area (Å²) in [5, 5.41) is -0.00180. The van der Waals surface area contributed by atoms with Gasteiger partial charge in [0, 0.05) is 24.4 Å². The molecule has 2 aromatic rings. The minimum absolute atomic E-state index is 0.00180. The number of fused-ring (bicyclic) bond motifs is 1. The number of benzene rings is 1. The summed E-state index contributed by atoms with van der Waals surface area (Å²) in [5.74, 6) is -1.44. The first kappa shape index (κ1) is 16.7. The Kier molecular flexibility index (Phi) is 5.33. The fourth-order valence-electron chi connectivity index (χ4n) is 2.95. The van der Waals surface area contributed by atoms with Gasteiger partial charge in [0.1, 0.15) is 11.6 Å². The Hall–Kier alpha value is -1.71. The molecule has 0 N–H and O–H groups in total. The van der Waals surface area contributed by atoms with Crippen molar-refractivity contribution in [2.24, 2.45) is 7.05 Å². The van der Waals surface area contributed by atoms with E-state index in [1.54, 1.807) is 11.6 Å². The molecule has 1 aromatic heterocycles. The Labute approximate surface area is 129 Å². The van der Waals surface area contributed by atoms with Gasteiger partial charge in [0.15, 0.2) is 5.43 Å². The number of nitrogens with zero attached hydrogens (tertiary/aromatic N) is 1. The van der Waals surface area contributed by atoms with Crippen molar-refractivity contribution in [1.29, 1.82) is 0 Å². The summed E-state index contributed by atoms with van der Waals surface area (Å²) in [6.07, 6.45) is 6.17. The molecule has 120 valence electrons. The van der Waals surface area contributed by atoms with Gasteiger partial charge in [0.2, 0.25) is 0 Å². The maximum atomic E-state index is 14.0. The third kappa shape index (κ3) is 3.21. The Balaban J connectivity index is 2.41. The zero-order valence-corrected chi connectivity index (χ0v) is 13.5. The van der Waals surface area contributed by atoms with Gasteiger partial charge in [-0.25, -0.2) is 8.78 Å². The molecule has 0 fully saturated rings. The minimum Gasteiger partial charge on any atom is -0.347 e. The van der Waals surface area contributed by atoms with E-state index in [-0.39, 0.29) is 10.8 Å². The zero-order chi connectivity index (χ0) is 16.3. The topological polar surface area (TPSA) is 22.0 Å². The van der Waals surface area contributed by atoms with Crippen molar-refractivity contribution in [3.8, 4) is 0 Å². The summed E-state index contributed by atoms with van der Waals surface area (Å²) in [6.45, 7) is 4.00. The average molecular weight is 307 g/mol. The van der Waals surface area contributed by atoms with E-state index in [1.165, 1.54) is 18.9 Å². The molecule has 2 nitrogen and oxygen atoms in total. The van der Waals surface area contributed by atoms with Crippen molar-refractivity contribution in [3.05, 3.63) is 45.2 Å². The van der Waals surface area contributed by atoms with Crippen LogP contribution in [-0.4, -0.2) is 4.57 Å². The molecule has 0 saturated heterocycles. The molecule has 0 radical (unpaired) electrons. The summed E-state index contributed by atoms with van der Waals surface area (Å²) >= 11 is 0. The second-order valence-corrected chi connectivity index (χ2v) is 5.90. The highest BCUT2D eigenvalue weighted by molar-refractivity contribution is 5.81. The Bertz CT molecular complexity index is 734. The van der Waals surface area contributed by atoms with Crippen molar-refractivity contribution in [2.75, 3.05) is 0 Å². The van der Waals surface area contributed by atoms with Crippen LogP contribution in [0.3, 0.4) is 0 Å². The van der Waals surface area contributed by atoms with E-state index in [4.69, 9.17) is 0 Å². The molecule has 0 aliphatic heterocycles. The average Bonchev–Trinajstić information content (AvgIpc) is 2.47. The van der Waals surface area contributed by atoms with Crippen LogP contribution in [-0.2, 0) is 13.5 Å². The molecule has 0 spiro atoms. The van der Waals surface area contributed by atoms with E-state index < -0.39 is 11.6 Å². The van der Waals surface area contributed by atoms with Crippen LogP contribution in [0.5, 0.6) is 0 Å². The first-order chi connectivity index (χ1) is 10.5. The molecule has 1 aromatic carbocycles. The van der Waals surface area contributed by atoms with Crippen LogP contribution in [0.15, 0.2) is 16.9 Å². The first-order valence-electron chi connectivity index (χ1n) is 7.94. The molecule has 0 saturated carbocycles. The van der Waals surface area contributed by atoms with Crippen LogP contribution < -0.4 is 5.43 Å². The predicted molar refractivity (Wildman–Crippen MR) is 86.3 cm³/mol. The number of pyridine rings is 1. The van der Waals surface area contributed by atoms with E-state index in [9.17, 15) is 13.6 Å². The maximum absolute atomic E-state index is 14.0. The van der Waals surface area contributed by atoms with Gasteiger partial charge < -0.3 is 4.57 Å².